The normalized spacial score (nSPS) is 21.8. The summed E-state index contributed by atoms with van der Waals surface area (Å²) in [7, 11) is 0. The number of quaternary nitrogens is 1. The molecular formula is C29H38FN5O5. The second-order valence-electron chi connectivity index (χ2n) is 10.8. The zero-order chi connectivity index (χ0) is 28.7. The minimum Gasteiger partial charge on any atom is -0.526 e. The van der Waals surface area contributed by atoms with Gasteiger partial charge in [0.15, 0.2) is 6.09 Å². The fraction of sp³-hybridized carbons (Fsp3) is 0.483. The number of primary amides is 1. The summed E-state index contributed by atoms with van der Waals surface area (Å²) in [4.78, 5) is 39.1. The van der Waals surface area contributed by atoms with Gasteiger partial charge >= 0.3 is 0 Å². The Morgan fingerprint density at radius 3 is 2.30 bits per heavy atom. The number of nitrogens with two attached hydrogens (primary N) is 1. The maximum absolute atomic E-state index is 13.4. The topological polar surface area (TPSA) is 148 Å². The number of halogens is 1. The van der Waals surface area contributed by atoms with Crippen LogP contribution in [-0.4, -0.2) is 71.8 Å². The second-order valence-corrected chi connectivity index (χ2v) is 10.8. The van der Waals surface area contributed by atoms with Crippen molar-refractivity contribution in [2.75, 3.05) is 39.3 Å². The molecule has 2 aromatic rings. The summed E-state index contributed by atoms with van der Waals surface area (Å²) in [5, 5.41) is 23.5. The Kier molecular flexibility index (Phi) is 9.72. The van der Waals surface area contributed by atoms with Crippen molar-refractivity contribution < 1.29 is 33.6 Å². The van der Waals surface area contributed by atoms with E-state index in [2.05, 4.69) is 15.6 Å². The van der Waals surface area contributed by atoms with Crippen molar-refractivity contribution in [1.82, 2.24) is 15.6 Å². The van der Waals surface area contributed by atoms with Gasteiger partial charge in [0.05, 0.1) is 19.7 Å². The summed E-state index contributed by atoms with van der Waals surface area (Å²) >= 11 is 0. The lowest BCUT2D eigenvalue weighted by Crippen LogP contribution is -2.68. The number of carbonyl (C=O) groups is 3. The number of carboxylic acid groups (broad SMARTS) is 1. The predicted octanol–water partition coefficient (Wildman–Crippen LogP) is 0.915. The number of β-amino-alcohol motifs (C(OH)–C–C–N with tert-alkyl or cyclic N) is 1. The molecule has 1 aliphatic heterocycles. The quantitative estimate of drug-likeness (QED) is 0.321. The van der Waals surface area contributed by atoms with Crippen LogP contribution in [-0.2, 0) is 16.1 Å². The van der Waals surface area contributed by atoms with E-state index in [1.165, 1.54) is 24.3 Å². The van der Waals surface area contributed by atoms with E-state index in [-0.39, 0.29) is 28.9 Å². The molecule has 1 aliphatic carbocycles. The van der Waals surface area contributed by atoms with Crippen molar-refractivity contribution in [3.8, 4) is 0 Å². The number of hydrogen-bond donors (Lipinski definition) is 4. The molecule has 10 nitrogen and oxygen atoms in total. The van der Waals surface area contributed by atoms with Gasteiger partial charge in [0.1, 0.15) is 31.5 Å². The average Bonchev–Trinajstić information content (AvgIpc) is 2.93. The van der Waals surface area contributed by atoms with Gasteiger partial charge in [-0.05, 0) is 42.0 Å². The molecule has 3 atom stereocenters. The zero-order valence-electron chi connectivity index (χ0n) is 22.6. The highest BCUT2D eigenvalue weighted by Gasteiger charge is 2.36. The third-order valence-electron chi connectivity index (χ3n) is 8.20. The van der Waals surface area contributed by atoms with Crippen molar-refractivity contribution in [3.05, 3.63) is 71.0 Å². The number of benzene rings is 2. The Morgan fingerprint density at radius 1 is 1.05 bits per heavy atom. The number of hydrogen-bond acceptors (Lipinski definition) is 6. The van der Waals surface area contributed by atoms with Gasteiger partial charge in [0, 0.05) is 18.0 Å². The molecule has 216 valence electrons. The van der Waals surface area contributed by atoms with E-state index >= 15 is 0 Å². The van der Waals surface area contributed by atoms with Gasteiger partial charge in [0.2, 0.25) is 11.8 Å². The molecule has 2 aliphatic rings. The van der Waals surface area contributed by atoms with Crippen LogP contribution in [0.5, 0.6) is 0 Å². The minimum atomic E-state index is -1.32. The molecule has 0 spiro atoms. The van der Waals surface area contributed by atoms with Gasteiger partial charge in [-0.15, -0.1) is 0 Å². The number of aliphatic hydroxyl groups excluding tert-OH is 1. The number of nitrogens with one attached hydrogen (secondary N) is 2. The number of nitrogens with zero attached hydrogens (tertiary/aromatic N) is 2. The molecule has 5 N–H and O–H groups in total. The number of piperazine rings is 1. The number of carbonyl (C=O) groups excluding carboxylic acids is 3. The van der Waals surface area contributed by atoms with Crippen molar-refractivity contribution in [3.63, 3.8) is 0 Å². The predicted molar refractivity (Wildman–Crippen MR) is 143 cm³/mol. The smallest absolute Gasteiger partial charge is 0.244 e. The summed E-state index contributed by atoms with van der Waals surface area (Å²) in [6.07, 6.45) is 2.05. The van der Waals surface area contributed by atoms with E-state index in [9.17, 15) is 29.0 Å². The molecule has 3 amide bonds. The Hall–Kier alpha value is -3.54. The van der Waals surface area contributed by atoms with Crippen LogP contribution in [0.4, 0.5) is 9.18 Å². The summed E-state index contributed by atoms with van der Waals surface area (Å²) in [6, 6.07) is 12.2. The van der Waals surface area contributed by atoms with Crippen LogP contribution in [0.1, 0.15) is 54.3 Å². The lowest BCUT2D eigenvalue weighted by Gasteiger charge is -2.44. The number of rotatable bonds is 10. The monoisotopic (exact) mass is 555 g/mol. The molecule has 0 bridgehead atoms. The van der Waals surface area contributed by atoms with E-state index in [0.717, 1.165) is 30.4 Å². The van der Waals surface area contributed by atoms with Gasteiger partial charge in [-0.1, -0.05) is 49.2 Å². The maximum atomic E-state index is 13.4. The molecule has 2 fully saturated rings. The molecule has 1 saturated carbocycles. The van der Waals surface area contributed by atoms with Crippen LogP contribution in [0.15, 0.2) is 48.5 Å². The van der Waals surface area contributed by atoms with Gasteiger partial charge in [-0.2, -0.15) is 0 Å². The molecule has 4 rings (SSSR count). The molecule has 2 aromatic carbocycles. The lowest BCUT2D eigenvalue weighted by molar-refractivity contribution is -0.979. The van der Waals surface area contributed by atoms with E-state index in [0.29, 0.717) is 51.3 Å². The Morgan fingerprint density at radius 2 is 1.70 bits per heavy atom. The fourth-order valence-electron chi connectivity index (χ4n) is 6.04. The first-order valence-corrected chi connectivity index (χ1v) is 13.8. The van der Waals surface area contributed by atoms with Crippen LogP contribution in [0.2, 0.25) is 0 Å². The van der Waals surface area contributed by atoms with Crippen LogP contribution in [0.25, 0.3) is 0 Å². The van der Waals surface area contributed by atoms with Crippen molar-refractivity contribution in [2.24, 2.45) is 11.7 Å². The Labute approximate surface area is 233 Å². The van der Waals surface area contributed by atoms with E-state index in [1.807, 2.05) is 24.3 Å². The summed E-state index contributed by atoms with van der Waals surface area (Å²) < 4.78 is 13.5. The summed E-state index contributed by atoms with van der Waals surface area (Å²) in [5.41, 5.74) is 10.6. The third-order valence-corrected chi connectivity index (χ3v) is 8.20. The lowest BCUT2D eigenvalue weighted by atomic mass is 9.74. The second kappa shape index (κ2) is 13.2. The first-order chi connectivity index (χ1) is 19.2. The standard InChI is InChI=1S/C29H38FN5O5/c30-23-11-9-22(10-12-23)26(27(31)37)32-28(38)25-4-2-1-3-24(25)21-7-5-20(6-8-21)19-35(33-29(39)40)16-13-34(14-17-35)15-18-36/h5-12,24-26,33,36H,1-4,13-19H2,(H3-,31,32,37,38,39,40). The van der Waals surface area contributed by atoms with Crippen LogP contribution >= 0.6 is 0 Å². The van der Waals surface area contributed by atoms with Crippen molar-refractivity contribution in [1.29, 1.82) is 0 Å². The molecule has 3 unspecified atom stereocenters. The molecule has 40 heavy (non-hydrogen) atoms. The van der Waals surface area contributed by atoms with Gasteiger partial charge in [-0.25, -0.2) is 14.4 Å². The number of amides is 3. The maximum Gasteiger partial charge on any atom is 0.244 e. The molecular weight excluding hydrogens is 517 g/mol. The Balaban J connectivity index is 1.46. The highest BCUT2D eigenvalue weighted by molar-refractivity contribution is 5.89. The largest absolute Gasteiger partial charge is 0.526 e. The highest BCUT2D eigenvalue weighted by Crippen LogP contribution is 2.38. The highest BCUT2D eigenvalue weighted by atomic mass is 19.1. The van der Waals surface area contributed by atoms with Crippen molar-refractivity contribution >= 4 is 17.9 Å². The summed E-state index contributed by atoms with van der Waals surface area (Å²) in [6.45, 7) is 3.48. The SMILES string of the molecule is NC(=O)C(NC(=O)C1CCCCC1c1ccc(C[N+]2(NC(=O)[O-])CCN(CCO)CC2)cc1)c1ccc(F)cc1. The van der Waals surface area contributed by atoms with Crippen LogP contribution in [0.3, 0.4) is 0 Å². The molecule has 1 saturated heterocycles. The zero-order valence-corrected chi connectivity index (χ0v) is 22.6. The minimum absolute atomic E-state index is 0.0453. The first-order valence-electron chi connectivity index (χ1n) is 13.8. The van der Waals surface area contributed by atoms with E-state index in [4.69, 9.17) is 5.73 Å². The molecule has 0 aromatic heterocycles. The van der Waals surface area contributed by atoms with E-state index < -0.39 is 23.9 Å². The van der Waals surface area contributed by atoms with Crippen molar-refractivity contribution in [2.45, 2.75) is 44.2 Å². The molecule has 11 heteroatoms. The molecule has 0 radical (unpaired) electrons. The Bertz CT molecular complexity index is 1170. The molecule has 1 heterocycles. The van der Waals surface area contributed by atoms with Crippen LogP contribution < -0.4 is 21.6 Å². The fourth-order valence-corrected chi connectivity index (χ4v) is 6.04. The van der Waals surface area contributed by atoms with E-state index in [1.54, 1.807) is 0 Å². The summed E-state index contributed by atoms with van der Waals surface area (Å²) in [5.74, 6) is -1.81. The number of aliphatic hydroxyl groups is 1. The van der Waals surface area contributed by atoms with Crippen LogP contribution in [0, 0.1) is 11.7 Å². The van der Waals surface area contributed by atoms with Gasteiger partial charge in [0.25, 0.3) is 0 Å². The first kappa shape index (κ1) is 29.4. The third kappa shape index (κ3) is 7.35. The average molecular weight is 556 g/mol. The van der Waals surface area contributed by atoms with Gasteiger partial charge < -0.3 is 26.1 Å². The van der Waals surface area contributed by atoms with Gasteiger partial charge in [-0.3, -0.25) is 14.5 Å².